The van der Waals surface area contributed by atoms with E-state index in [1.807, 2.05) is 18.2 Å². The molecule has 1 aliphatic heterocycles. The summed E-state index contributed by atoms with van der Waals surface area (Å²) in [4.78, 5) is 27.5. The summed E-state index contributed by atoms with van der Waals surface area (Å²) in [5.41, 5.74) is 0.707. The van der Waals surface area contributed by atoms with Crippen LogP contribution in [0.4, 0.5) is 5.69 Å². The normalized spacial score (nSPS) is 26.7. The van der Waals surface area contributed by atoms with Crippen LogP contribution in [0.5, 0.6) is 5.75 Å². The summed E-state index contributed by atoms with van der Waals surface area (Å²) < 4.78 is 17.2. The van der Waals surface area contributed by atoms with Gasteiger partial charge in [-0.15, -0.1) is 0 Å². The molecular formula is C20H27NO5. The molecule has 0 saturated heterocycles. The Balaban J connectivity index is 2.13. The van der Waals surface area contributed by atoms with E-state index in [4.69, 9.17) is 14.2 Å². The van der Waals surface area contributed by atoms with E-state index in [1.165, 1.54) is 7.11 Å². The number of carbonyl (C=O) groups is 2. The highest BCUT2D eigenvalue weighted by molar-refractivity contribution is 5.93. The second kappa shape index (κ2) is 7.27. The zero-order valence-electron chi connectivity index (χ0n) is 15.9. The maximum atomic E-state index is 13.1. The van der Waals surface area contributed by atoms with Crippen LogP contribution in [0, 0.1) is 0 Å². The highest BCUT2D eigenvalue weighted by atomic mass is 16.6. The van der Waals surface area contributed by atoms with Crippen LogP contribution in [-0.2, 0) is 24.5 Å². The van der Waals surface area contributed by atoms with Gasteiger partial charge in [-0.2, -0.15) is 0 Å². The zero-order valence-corrected chi connectivity index (χ0v) is 15.9. The fourth-order valence-electron chi connectivity index (χ4n) is 4.29. The highest BCUT2D eigenvalue weighted by Crippen LogP contribution is 2.52. The minimum absolute atomic E-state index is 0.0403. The lowest BCUT2D eigenvalue weighted by molar-refractivity contribution is -0.165. The van der Waals surface area contributed by atoms with E-state index in [0.29, 0.717) is 5.75 Å². The second-order valence-electron chi connectivity index (χ2n) is 6.72. The van der Waals surface area contributed by atoms with Crippen molar-refractivity contribution in [2.75, 3.05) is 31.7 Å². The molecule has 3 rings (SSSR count). The molecule has 0 amide bonds. The number of benzene rings is 1. The van der Waals surface area contributed by atoms with E-state index in [-0.39, 0.29) is 31.2 Å². The lowest BCUT2D eigenvalue weighted by Crippen LogP contribution is -2.59. The molecule has 6 heteroatoms. The first-order chi connectivity index (χ1) is 12.5. The SMILES string of the molecule is CCOC(=O)[C@]12c3ccc(N(CC)CC)cc3O[C@H]1CC(=O)C[C@@H]2OC. The number of hydrogen-bond donors (Lipinski definition) is 0. The summed E-state index contributed by atoms with van der Waals surface area (Å²) >= 11 is 0. The highest BCUT2D eigenvalue weighted by Gasteiger charge is 2.64. The average molecular weight is 361 g/mol. The average Bonchev–Trinajstić information content (AvgIpc) is 2.96. The fraction of sp³-hybridized carbons (Fsp3) is 0.600. The van der Waals surface area contributed by atoms with Gasteiger partial charge in [-0.05, 0) is 26.8 Å². The Morgan fingerprint density at radius 1 is 1.27 bits per heavy atom. The summed E-state index contributed by atoms with van der Waals surface area (Å²) in [6.07, 6.45) is -0.802. The van der Waals surface area contributed by atoms with E-state index < -0.39 is 17.6 Å². The number of methoxy groups -OCH3 is 1. The molecular weight excluding hydrogens is 334 g/mol. The van der Waals surface area contributed by atoms with E-state index in [0.717, 1.165) is 24.3 Å². The minimum atomic E-state index is -1.09. The van der Waals surface area contributed by atoms with Crippen molar-refractivity contribution in [3.8, 4) is 5.75 Å². The van der Waals surface area contributed by atoms with Crippen molar-refractivity contribution in [3.05, 3.63) is 23.8 Å². The van der Waals surface area contributed by atoms with Crippen molar-refractivity contribution < 1.29 is 23.8 Å². The van der Waals surface area contributed by atoms with Gasteiger partial charge in [-0.1, -0.05) is 6.07 Å². The standard InChI is InChI=1S/C20H27NO5/c1-5-21(6-2)13-8-9-15-16(10-13)26-18-12-14(22)11-17(24-4)20(15,18)19(23)25-7-3/h8-10,17-18H,5-7,11-12H2,1-4H3/t17-,18-,20-/m0/s1. The predicted molar refractivity (Wildman–Crippen MR) is 97.8 cm³/mol. The Morgan fingerprint density at radius 2 is 2.00 bits per heavy atom. The quantitative estimate of drug-likeness (QED) is 0.725. The molecule has 0 bridgehead atoms. The molecule has 26 heavy (non-hydrogen) atoms. The number of Topliss-reactive ketones (excluding diaryl/α,β-unsaturated/α-hetero) is 1. The van der Waals surface area contributed by atoms with Crippen molar-refractivity contribution >= 4 is 17.4 Å². The first-order valence-electron chi connectivity index (χ1n) is 9.30. The molecule has 142 valence electrons. The van der Waals surface area contributed by atoms with Crippen molar-refractivity contribution in [2.45, 2.75) is 51.2 Å². The van der Waals surface area contributed by atoms with Gasteiger partial charge in [0, 0.05) is 50.4 Å². The largest absolute Gasteiger partial charge is 0.488 e. The Morgan fingerprint density at radius 3 is 2.62 bits per heavy atom. The Bertz CT molecular complexity index is 699. The van der Waals surface area contributed by atoms with Crippen molar-refractivity contribution in [3.63, 3.8) is 0 Å². The lowest BCUT2D eigenvalue weighted by Gasteiger charge is -2.40. The number of ether oxygens (including phenoxy) is 3. The third-order valence-corrected chi connectivity index (χ3v) is 5.55. The van der Waals surface area contributed by atoms with Crippen LogP contribution in [0.3, 0.4) is 0 Å². The number of carbonyl (C=O) groups excluding carboxylic acids is 2. The molecule has 1 heterocycles. The van der Waals surface area contributed by atoms with Gasteiger partial charge in [0.2, 0.25) is 0 Å². The molecule has 0 radical (unpaired) electrons. The summed E-state index contributed by atoms with van der Waals surface area (Å²) in [5, 5.41) is 0. The molecule has 2 aliphatic rings. The summed E-state index contributed by atoms with van der Waals surface area (Å²) in [5.74, 6) is 0.307. The number of fused-ring (bicyclic) bond motifs is 3. The van der Waals surface area contributed by atoms with Gasteiger partial charge < -0.3 is 19.1 Å². The van der Waals surface area contributed by atoms with Crippen molar-refractivity contribution in [2.24, 2.45) is 0 Å². The van der Waals surface area contributed by atoms with Crippen molar-refractivity contribution in [1.82, 2.24) is 0 Å². The first kappa shape index (κ1) is 18.7. The van der Waals surface area contributed by atoms with Gasteiger partial charge in [-0.3, -0.25) is 9.59 Å². The topological polar surface area (TPSA) is 65.1 Å². The summed E-state index contributed by atoms with van der Waals surface area (Å²) in [6, 6.07) is 5.89. The Kier molecular flexibility index (Phi) is 5.23. The van der Waals surface area contributed by atoms with Crippen LogP contribution in [0.1, 0.15) is 39.2 Å². The van der Waals surface area contributed by atoms with Gasteiger partial charge in [0.1, 0.15) is 17.6 Å². The molecule has 1 aromatic carbocycles. The van der Waals surface area contributed by atoms with Crippen LogP contribution in [0.2, 0.25) is 0 Å². The van der Waals surface area contributed by atoms with Crippen LogP contribution >= 0.6 is 0 Å². The van der Waals surface area contributed by atoms with Crippen LogP contribution in [0.25, 0.3) is 0 Å². The third-order valence-electron chi connectivity index (χ3n) is 5.55. The molecule has 0 N–H and O–H groups in total. The third kappa shape index (κ3) is 2.67. The van der Waals surface area contributed by atoms with Gasteiger partial charge in [0.15, 0.2) is 5.41 Å². The molecule has 1 saturated carbocycles. The first-order valence-corrected chi connectivity index (χ1v) is 9.30. The van der Waals surface area contributed by atoms with Crippen molar-refractivity contribution in [1.29, 1.82) is 0 Å². The zero-order chi connectivity index (χ0) is 18.9. The molecule has 1 fully saturated rings. The van der Waals surface area contributed by atoms with Gasteiger partial charge in [0.25, 0.3) is 0 Å². The van der Waals surface area contributed by atoms with E-state index >= 15 is 0 Å². The molecule has 1 aromatic rings. The number of esters is 1. The van der Waals surface area contributed by atoms with Gasteiger partial charge in [0.05, 0.1) is 12.7 Å². The van der Waals surface area contributed by atoms with Gasteiger partial charge in [-0.25, -0.2) is 0 Å². The molecule has 3 atom stereocenters. The molecule has 1 aliphatic carbocycles. The number of anilines is 1. The molecule has 6 nitrogen and oxygen atoms in total. The maximum absolute atomic E-state index is 13.1. The Labute approximate surface area is 154 Å². The fourth-order valence-corrected chi connectivity index (χ4v) is 4.29. The lowest BCUT2D eigenvalue weighted by atomic mass is 9.66. The number of ketones is 1. The molecule has 0 unspecified atom stereocenters. The number of hydrogen-bond acceptors (Lipinski definition) is 6. The Hall–Kier alpha value is -2.08. The van der Waals surface area contributed by atoms with E-state index in [2.05, 4.69) is 18.7 Å². The minimum Gasteiger partial charge on any atom is -0.488 e. The molecule has 0 spiro atoms. The van der Waals surface area contributed by atoms with Crippen LogP contribution in [-0.4, -0.2) is 50.8 Å². The van der Waals surface area contributed by atoms with E-state index in [9.17, 15) is 9.59 Å². The second-order valence-corrected chi connectivity index (χ2v) is 6.72. The number of nitrogens with zero attached hydrogens (tertiary/aromatic N) is 1. The van der Waals surface area contributed by atoms with Crippen LogP contribution in [0.15, 0.2) is 18.2 Å². The van der Waals surface area contributed by atoms with Gasteiger partial charge >= 0.3 is 5.97 Å². The number of rotatable bonds is 6. The van der Waals surface area contributed by atoms with Crippen LogP contribution < -0.4 is 9.64 Å². The summed E-state index contributed by atoms with van der Waals surface area (Å²) in [7, 11) is 1.53. The van der Waals surface area contributed by atoms with E-state index in [1.54, 1.807) is 6.92 Å². The predicted octanol–water partition coefficient (Wildman–Crippen LogP) is 2.47. The smallest absolute Gasteiger partial charge is 0.323 e. The molecule has 0 aromatic heterocycles. The summed E-state index contributed by atoms with van der Waals surface area (Å²) in [6.45, 7) is 7.99. The monoisotopic (exact) mass is 361 g/mol. The maximum Gasteiger partial charge on any atom is 0.323 e.